The fourth-order valence-electron chi connectivity index (χ4n) is 2.07. The average molecular weight is 266 g/mol. The first kappa shape index (κ1) is 12.2. The van der Waals surface area contributed by atoms with Crippen molar-refractivity contribution < 1.29 is 4.52 Å². The molecule has 3 rings (SSSR count). The Bertz CT molecular complexity index is 744. The van der Waals surface area contributed by atoms with Gasteiger partial charge in [-0.25, -0.2) is 0 Å². The molecule has 0 spiro atoms. The maximum Gasteiger partial charge on any atom is 0.258 e. The van der Waals surface area contributed by atoms with E-state index in [1.54, 1.807) is 18.2 Å². The number of nitrogens with zero attached hydrogens (tertiary/aromatic N) is 2. The molecular formula is C15H14N4O. The fraction of sp³-hybridized carbons (Fsp3) is 0.0667. The molecule has 0 aliphatic heterocycles. The van der Waals surface area contributed by atoms with Crippen molar-refractivity contribution in [2.45, 2.75) is 6.92 Å². The van der Waals surface area contributed by atoms with E-state index in [1.165, 1.54) is 0 Å². The Kier molecular flexibility index (Phi) is 2.87. The van der Waals surface area contributed by atoms with Crippen molar-refractivity contribution in [3.05, 3.63) is 48.0 Å². The summed E-state index contributed by atoms with van der Waals surface area (Å²) in [7, 11) is 0. The quantitative estimate of drug-likeness (QED) is 0.696. The van der Waals surface area contributed by atoms with Crippen molar-refractivity contribution in [2.24, 2.45) is 0 Å². The number of rotatable bonds is 2. The van der Waals surface area contributed by atoms with E-state index in [0.717, 1.165) is 16.7 Å². The van der Waals surface area contributed by atoms with E-state index in [9.17, 15) is 0 Å². The summed E-state index contributed by atoms with van der Waals surface area (Å²) in [4.78, 5) is 4.40. The molecule has 0 unspecified atom stereocenters. The van der Waals surface area contributed by atoms with E-state index in [2.05, 4.69) is 10.1 Å². The molecule has 2 aromatic carbocycles. The van der Waals surface area contributed by atoms with Gasteiger partial charge in [0.25, 0.3) is 5.89 Å². The first-order valence-electron chi connectivity index (χ1n) is 6.19. The lowest BCUT2D eigenvalue weighted by Gasteiger charge is -2.00. The van der Waals surface area contributed by atoms with Crippen molar-refractivity contribution in [3.63, 3.8) is 0 Å². The maximum absolute atomic E-state index is 5.77. The highest BCUT2D eigenvalue weighted by molar-refractivity contribution is 5.69. The minimum atomic E-state index is 0.405. The third-order valence-corrected chi connectivity index (χ3v) is 3.04. The summed E-state index contributed by atoms with van der Waals surface area (Å²) >= 11 is 0. The molecule has 3 aromatic rings. The summed E-state index contributed by atoms with van der Waals surface area (Å²) in [6, 6.07) is 13.1. The molecule has 5 heteroatoms. The molecule has 0 aliphatic rings. The summed E-state index contributed by atoms with van der Waals surface area (Å²) in [5.41, 5.74) is 15.4. The van der Waals surface area contributed by atoms with Crippen LogP contribution in [0.5, 0.6) is 0 Å². The van der Waals surface area contributed by atoms with Crippen LogP contribution in [0.25, 0.3) is 22.8 Å². The Morgan fingerprint density at radius 3 is 2.40 bits per heavy atom. The maximum atomic E-state index is 5.77. The number of benzene rings is 2. The number of hydrogen-bond donors (Lipinski definition) is 2. The predicted octanol–water partition coefficient (Wildman–Crippen LogP) is 2.88. The van der Waals surface area contributed by atoms with E-state index in [1.807, 2.05) is 31.2 Å². The lowest BCUT2D eigenvalue weighted by molar-refractivity contribution is 0.432. The molecule has 0 aliphatic carbocycles. The van der Waals surface area contributed by atoms with Crippen LogP contribution < -0.4 is 11.5 Å². The molecule has 0 saturated heterocycles. The van der Waals surface area contributed by atoms with Crippen molar-refractivity contribution in [1.82, 2.24) is 10.1 Å². The number of hydrogen-bond acceptors (Lipinski definition) is 5. The van der Waals surface area contributed by atoms with Crippen molar-refractivity contribution in [3.8, 4) is 22.8 Å². The summed E-state index contributed by atoms with van der Waals surface area (Å²) < 4.78 is 5.30. The molecule has 1 heterocycles. The molecule has 0 bridgehead atoms. The molecular weight excluding hydrogens is 252 g/mol. The van der Waals surface area contributed by atoms with Crippen LogP contribution in [0, 0.1) is 6.92 Å². The summed E-state index contributed by atoms with van der Waals surface area (Å²) in [5.74, 6) is 0.960. The van der Waals surface area contributed by atoms with Crippen molar-refractivity contribution in [2.75, 3.05) is 11.5 Å². The molecule has 4 N–H and O–H groups in total. The number of nitrogens with two attached hydrogens (primary N) is 2. The highest BCUT2D eigenvalue weighted by atomic mass is 16.5. The Morgan fingerprint density at radius 2 is 1.70 bits per heavy atom. The molecule has 1 aromatic heterocycles. The Hall–Kier alpha value is -2.82. The Balaban J connectivity index is 2.04. The van der Waals surface area contributed by atoms with Gasteiger partial charge in [-0.05, 0) is 30.7 Å². The van der Waals surface area contributed by atoms with E-state index in [4.69, 9.17) is 16.0 Å². The van der Waals surface area contributed by atoms with Gasteiger partial charge in [0.05, 0.1) is 0 Å². The Labute approximate surface area is 116 Å². The lowest BCUT2D eigenvalue weighted by Crippen LogP contribution is -1.91. The van der Waals surface area contributed by atoms with E-state index in [-0.39, 0.29) is 0 Å². The first-order valence-corrected chi connectivity index (χ1v) is 6.19. The van der Waals surface area contributed by atoms with Gasteiger partial charge in [-0.2, -0.15) is 4.98 Å². The zero-order valence-corrected chi connectivity index (χ0v) is 11.0. The normalized spacial score (nSPS) is 10.7. The van der Waals surface area contributed by atoms with Gasteiger partial charge in [0.15, 0.2) is 0 Å². The van der Waals surface area contributed by atoms with E-state index >= 15 is 0 Å². The van der Waals surface area contributed by atoms with Gasteiger partial charge in [0, 0.05) is 22.5 Å². The molecule has 0 atom stereocenters. The topological polar surface area (TPSA) is 91.0 Å². The molecule has 0 radical (unpaired) electrons. The largest absolute Gasteiger partial charge is 0.399 e. The number of nitrogen functional groups attached to an aromatic ring is 2. The van der Waals surface area contributed by atoms with E-state index in [0.29, 0.717) is 23.1 Å². The van der Waals surface area contributed by atoms with Crippen molar-refractivity contribution in [1.29, 1.82) is 0 Å². The van der Waals surface area contributed by atoms with Gasteiger partial charge in [0.1, 0.15) is 0 Å². The monoisotopic (exact) mass is 266 g/mol. The third kappa shape index (κ3) is 2.21. The second-order valence-electron chi connectivity index (χ2n) is 4.63. The summed E-state index contributed by atoms with van der Waals surface area (Å²) in [5, 5.41) is 4.02. The second-order valence-corrected chi connectivity index (χ2v) is 4.63. The second kappa shape index (κ2) is 4.70. The molecule has 20 heavy (non-hydrogen) atoms. The number of anilines is 2. The van der Waals surface area contributed by atoms with Gasteiger partial charge < -0.3 is 16.0 Å². The van der Waals surface area contributed by atoms with Gasteiger partial charge in [-0.1, -0.05) is 29.4 Å². The van der Waals surface area contributed by atoms with E-state index < -0.39 is 0 Å². The van der Waals surface area contributed by atoms with Crippen LogP contribution in [0.1, 0.15) is 5.56 Å². The van der Waals surface area contributed by atoms with Crippen LogP contribution in [-0.4, -0.2) is 10.1 Å². The van der Waals surface area contributed by atoms with Gasteiger partial charge in [-0.3, -0.25) is 0 Å². The summed E-state index contributed by atoms with van der Waals surface area (Å²) in [6.45, 7) is 2.00. The SMILES string of the molecule is Cc1ccccc1-c1noc(-c2cc(N)cc(N)c2)n1. The minimum Gasteiger partial charge on any atom is -0.399 e. The van der Waals surface area contributed by atoms with Gasteiger partial charge in [0.2, 0.25) is 5.82 Å². The van der Waals surface area contributed by atoms with Crippen LogP contribution in [0.15, 0.2) is 47.0 Å². The Morgan fingerprint density at radius 1 is 1.00 bits per heavy atom. The fourth-order valence-corrected chi connectivity index (χ4v) is 2.07. The molecule has 0 fully saturated rings. The average Bonchev–Trinajstić information content (AvgIpc) is 2.87. The van der Waals surface area contributed by atoms with Crippen LogP contribution in [-0.2, 0) is 0 Å². The molecule has 5 nitrogen and oxygen atoms in total. The highest BCUT2D eigenvalue weighted by Crippen LogP contribution is 2.26. The lowest BCUT2D eigenvalue weighted by atomic mass is 10.1. The predicted molar refractivity (Wildman–Crippen MR) is 78.7 cm³/mol. The third-order valence-electron chi connectivity index (χ3n) is 3.04. The van der Waals surface area contributed by atoms with Gasteiger partial charge >= 0.3 is 0 Å². The standard InChI is InChI=1S/C15H14N4O/c1-9-4-2-3-5-13(9)14-18-15(20-19-14)10-6-11(16)8-12(17)7-10/h2-8H,16-17H2,1H3. The first-order chi connectivity index (χ1) is 9.63. The smallest absolute Gasteiger partial charge is 0.258 e. The number of aromatic nitrogens is 2. The molecule has 100 valence electrons. The molecule has 0 amide bonds. The van der Waals surface area contributed by atoms with Crippen LogP contribution >= 0.6 is 0 Å². The van der Waals surface area contributed by atoms with Gasteiger partial charge in [-0.15, -0.1) is 0 Å². The van der Waals surface area contributed by atoms with Crippen LogP contribution in [0.3, 0.4) is 0 Å². The van der Waals surface area contributed by atoms with Crippen LogP contribution in [0.2, 0.25) is 0 Å². The molecule has 0 saturated carbocycles. The zero-order chi connectivity index (χ0) is 14.1. The van der Waals surface area contributed by atoms with Crippen molar-refractivity contribution >= 4 is 11.4 Å². The van der Waals surface area contributed by atoms with Crippen LogP contribution in [0.4, 0.5) is 11.4 Å². The summed E-state index contributed by atoms with van der Waals surface area (Å²) in [6.07, 6.45) is 0. The highest BCUT2D eigenvalue weighted by Gasteiger charge is 2.12. The minimum absolute atomic E-state index is 0.405. The number of aryl methyl sites for hydroxylation is 1. The zero-order valence-electron chi connectivity index (χ0n) is 11.0.